The highest BCUT2D eigenvalue weighted by molar-refractivity contribution is 7.85. The minimum Gasteiger partial charge on any atom is -0.399 e. The van der Waals surface area contributed by atoms with Crippen LogP contribution in [-0.4, -0.2) is 15.9 Å². The van der Waals surface area contributed by atoms with E-state index in [2.05, 4.69) is 5.32 Å². The number of hydrogen-bond donors (Lipinski definition) is 2. The van der Waals surface area contributed by atoms with Crippen LogP contribution in [0.5, 0.6) is 0 Å². The van der Waals surface area contributed by atoms with Crippen molar-refractivity contribution < 1.29 is 9.00 Å². The molecule has 4 nitrogen and oxygen atoms in total. The first kappa shape index (κ1) is 14.3. The summed E-state index contributed by atoms with van der Waals surface area (Å²) >= 11 is 0. The van der Waals surface area contributed by atoms with Crippen LogP contribution < -0.4 is 11.1 Å². The average Bonchev–Trinajstić information content (AvgIpc) is 2.42. The van der Waals surface area contributed by atoms with Crippen molar-refractivity contribution in [3.05, 3.63) is 54.1 Å². The molecule has 0 spiro atoms. The highest BCUT2D eigenvalue weighted by Crippen LogP contribution is 2.12. The van der Waals surface area contributed by atoms with Crippen molar-refractivity contribution in [2.75, 3.05) is 16.8 Å². The number of nitrogens with one attached hydrogen (secondary N) is 1. The van der Waals surface area contributed by atoms with E-state index in [1.807, 2.05) is 31.2 Å². The van der Waals surface area contributed by atoms with Gasteiger partial charge in [0.05, 0.1) is 10.8 Å². The van der Waals surface area contributed by atoms with Crippen LogP contribution in [0.2, 0.25) is 0 Å². The van der Waals surface area contributed by atoms with Crippen LogP contribution in [-0.2, 0) is 15.6 Å². The maximum absolute atomic E-state index is 12.0. The summed E-state index contributed by atoms with van der Waals surface area (Å²) in [6.45, 7) is 1.97. The molecule has 0 aliphatic carbocycles. The minimum atomic E-state index is -1.37. The molecule has 3 N–H and O–H groups in total. The van der Waals surface area contributed by atoms with Gasteiger partial charge in [-0.3, -0.25) is 9.00 Å². The zero-order valence-electron chi connectivity index (χ0n) is 11.1. The van der Waals surface area contributed by atoms with E-state index in [0.717, 1.165) is 5.56 Å². The first-order valence-electron chi connectivity index (χ1n) is 6.15. The van der Waals surface area contributed by atoms with E-state index in [1.54, 1.807) is 24.3 Å². The van der Waals surface area contributed by atoms with E-state index in [0.29, 0.717) is 16.3 Å². The number of nitrogen functional groups attached to an aromatic ring is 1. The van der Waals surface area contributed by atoms with Crippen LogP contribution in [0.3, 0.4) is 0 Å². The number of anilines is 2. The minimum absolute atomic E-state index is 0.0716. The van der Waals surface area contributed by atoms with Gasteiger partial charge in [-0.05, 0) is 43.3 Å². The maximum Gasteiger partial charge on any atom is 0.237 e. The number of nitrogens with two attached hydrogens (primary N) is 1. The summed E-state index contributed by atoms with van der Waals surface area (Å²) in [6.07, 6.45) is 0. The summed E-state index contributed by atoms with van der Waals surface area (Å²) in [4.78, 5) is 12.4. The second kappa shape index (κ2) is 6.34. The van der Waals surface area contributed by atoms with E-state index >= 15 is 0 Å². The summed E-state index contributed by atoms with van der Waals surface area (Å²) in [7, 11) is -1.37. The number of hydrogen-bond acceptors (Lipinski definition) is 3. The normalized spacial score (nSPS) is 11.8. The Morgan fingerprint density at radius 3 is 2.30 bits per heavy atom. The molecular formula is C15H16N2O2S. The first-order valence-corrected chi connectivity index (χ1v) is 7.47. The van der Waals surface area contributed by atoms with Crippen molar-refractivity contribution >= 4 is 28.1 Å². The molecule has 0 saturated heterocycles. The van der Waals surface area contributed by atoms with Crippen molar-refractivity contribution in [2.24, 2.45) is 0 Å². The van der Waals surface area contributed by atoms with E-state index in [4.69, 9.17) is 5.73 Å². The molecule has 5 heteroatoms. The number of aryl methyl sites for hydroxylation is 1. The highest BCUT2D eigenvalue weighted by atomic mass is 32.2. The smallest absolute Gasteiger partial charge is 0.237 e. The van der Waals surface area contributed by atoms with Gasteiger partial charge in [-0.2, -0.15) is 0 Å². The van der Waals surface area contributed by atoms with Crippen molar-refractivity contribution in [1.82, 2.24) is 0 Å². The molecule has 0 saturated carbocycles. The van der Waals surface area contributed by atoms with Gasteiger partial charge in [0.15, 0.2) is 0 Å². The molecule has 0 aliphatic heterocycles. The number of benzene rings is 2. The predicted molar refractivity (Wildman–Crippen MR) is 81.9 cm³/mol. The largest absolute Gasteiger partial charge is 0.399 e. The zero-order chi connectivity index (χ0) is 14.5. The molecule has 1 unspecified atom stereocenters. The molecule has 0 radical (unpaired) electrons. The summed E-state index contributed by atoms with van der Waals surface area (Å²) in [5, 5.41) is 2.72. The molecule has 0 aromatic heterocycles. The van der Waals surface area contributed by atoms with Crippen LogP contribution in [0.15, 0.2) is 53.4 Å². The quantitative estimate of drug-likeness (QED) is 0.848. The topological polar surface area (TPSA) is 72.2 Å². The lowest BCUT2D eigenvalue weighted by Gasteiger charge is -2.06. The lowest BCUT2D eigenvalue weighted by Crippen LogP contribution is -2.19. The van der Waals surface area contributed by atoms with E-state index in [1.165, 1.54) is 0 Å². The SMILES string of the molecule is Cc1ccc(NC(=O)CS(=O)c2ccc(N)cc2)cc1. The number of rotatable bonds is 4. The van der Waals surface area contributed by atoms with Crippen molar-refractivity contribution in [2.45, 2.75) is 11.8 Å². The van der Waals surface area contributed by atoms with E-state index < -0.39 is 10.8 Å². The van der Waals surface area contributed by atoms with Crippen LogP contribution in [0.4, 0.5) is 11.4 Å². The molecule has 2 rings (SSSR count). The maximum atomic E-state index is 12.0. The molecule has 1 amide bonds. The molecule has 104 valence electrons. The Balaban J connectivity index is 1.95. The Morgan fingerprint density at radius 1 is 1.10 bits per heavy atom. The lowest BCUT2D eigenvalue weighted by molar-refractivity contribution is -0.113. The van der Waals surface area contributed by atoms with Gasteiger partial charge in [0.1, 0.15) is 5.75 Å². The molecule has 0 fully saturated rings. The highest BCUT2D eigenvalue weighted by Gasteiger charge is 2.10. The molecule has 2 aromatic rings. The number of amides is 1. The summed E-state index contributed by atoms with van der Waals surface area (Å²) in [6, 6.07) is 14.1. The fraction of sp³-hybridized carbons (Fsp3) is 0.133. The van der Waals surface area contributed by atoms with Gasteiger partial charge < -0.3 is 11.1 Å². The summed E-state index contributed by atoms with van der Waals surface area (Å²) < 4.78 is 12.0. The molecule has 0 heterocycles. The molecule has 0 bridgehead atoms. The summed E-state index contributed by atoms with van der Waals surface area (Å²) in [5.41, 5.74) is 7.99. The third-order valence-corrected chi connectivity index (χ3v) is 4.06. The van der Waals surface area contributed by atoms with Gasteiger partial charge in [0.25, 0.3) is 0 Å². The molecular weight excluding hydrogens is 272 g/mol. The standard InChI is InChI=1S/C15H16N2O2S/c1-11-2-6-13(7-3-11)17-15(18)10-20(19)14-8-4-12(16)5-9-14/h2-9H,10,16H2,1H3,(H,17,18). The van der Waals surface area contributed by atoms with Crippen LogP contribution in [0.25, 0.3) is 0 Å². The van der Waals surface area contributed by atoms with Gasteiger partial charge in [0, 0.05) is 16.3 Å². The Hall–Kier alpha value is -2.14. The number of carbonyl (C=O) groups is 1. The van der Waals surface area contributed by atoms with Crippen molar-refractivity contribution in [3.8, 4) is 0 Å². The van der Waals surface area contributed by atoms with Crippen LogP contribution in [0.1, 0.15) is 5.56 Å². The second-order valence-corrected chi connectivity index (χ2v) is 5.92. The lowest BCUT2D eigenvalue weighted by atomic mass is 10.2. The van der Waals surface area contributed by atoms with E-state index in [-0.39, 0.29) is 11.7 Å². The second-order valence-electron chi connectivity index (χ2n) is 4.47. The Morgan fingerprint density at radius 2 is 1.70 bits per heavy atom. The van der Waals surface area contributed by atoms with Gasteiger partial charge in [-0.25, -0.2) is 0 Å². The summed E-state index contributed by atoms with van der Waals surface area (Å²) in [5.74, 6) is -0.346. The average molecular weight is 288 g/mol. The Kier molecular flexibility index (Phi) is 4.53. The predicted octanol–water partition coefficient (Wildman–Crippen LogP) is 2.32. The number of carbonyl (C=O) groups excluding carboxylic acids is 1. The fourth-order valence-corrected chi connectivity index (χ4v) is 2.57. The molecule has 0 aliphatic rings. The van der Waals surface area contributed by atoms with Gasteiger partial charge >= 0.3 is 0 Å². The first-order chi connectivity index (χ1) is 9.54. The van der Waals surface area contributed by atoms with Gasteiger partial charge in [-0.15, -0.1) is 0 Å². The van der Waals surface area contributed by atoms with Crippen molar-refractivity contribution in [3.63, 3.8) is 0 Å². The zero-order valence-corrected chi connectivity index (χ0v) is 11.9. The third kappa shape index (κ3) is 3.93. The van der Waals surface area contributed by atoms with E-state index in [9.17, 15) is 9.00 Å². The third-order valence-electron chi connectivity index (χ3n) is 2.74. The Labute approximate surface area is 120 Å². The van der Waals surface area contributed by atoms with Gasteiger partial charge in [0.2, 0.25) is 5.91 Å². The monoisotopic (exact) mass is 288 g/mol. The Bertz CT molecular complexity index is 621. The molecule has 2 aromatic carbocycles. The van der Waals surface area contributed by atoms with Crippen molar-refractivity contribution in [1.29, 1.82) is 0 Å². The van der Waals surface area contributed by atoms with Crippen LogP contribution >= 0.6 is 0 Å². The molecule has 1 atom stereocenters. The fourth-order valence-electron chi connectivity index (χ4n) is 1.66. The van der Waals surface area contributed by atoms with Crippen LogP contribution in [0, 0.1) is 6.92 Å². The molecule has 20 heavy (non-hydrogen) atoms. The van der Waals surface area contributed by atoms with Gasteiger partial charge in [-0.1, -0.05) is 17.7 Å².